The van der Waals surface area contributed by atoms with Crippen molar-refractivity contribution in [2.45, 2.75) is 27.8 Å². The summed E-state index contributed by atoms with van der Waals surface area (Å²) >= 11 is 3.09. The Balaban J connectivity index is 1.40. The zero-order chi connectivity index (χ0) is 28.4. The van der Waals surface area contributed by atoms with Crippen molar-refractivity contribution < 1.29 is 28.6 Å². The number of carbonyl (C=O) groups excluding carboxylic acids is 3. The molecule has 0 bridgehead atoms. The van der Waals surface area contributed by atoms with Gasteiger partial charge < -0.3 is 14.2 Å². The van der Waals surface area contributed by atoms with Gasteiger partial charge in [0, 0.05) is 5.75 Å². The van der Waals surface area contributed by atoms with Crippen LogP contribution in [0.2, 0.25) is 0 Å². The summed E-state index contributed by atoms with van der Waals surface area (Å²) < 4.78 is 17.5. The normalized spacial score (nSPS) is 19.7. The van der Waals surface area contributed by atoms with Crippen molar-refractivity contribution in [3.8, 4) is 0 Å². The van der Waals surface area contributed by atoms with E-state index in [1.165, 1.54) is 11.8 Å². The lowest BCUT2D eigenvalue weighted by Gasteiger charge is -2.26. The Kier molecular flexibility index (Phi) is 9.78. The van der Waals surface area contributed by atoms with E-state index >= 15 is 0 Å². The molecular weight excluding hydrogens is 556 g/mol. The molecule has 8 heteroatoms. The Morgan fingerprint density at radius 3 is 1.54 bits per heavy atom. The van der Waals surface area contributed by atoms with Crippen LogP contribution in [0.15, 0.2) is 121 Å². The monoisotopic (exact) mass is 584 g/mol. The predicted octanol–water partition coefficient (Wildman–Crippen LogP) is 6.67. The van der Waals surface area contributed by atoms with Gasteiger partial charge in [0.1, 0.15) is 6.61 Å². The summed E-state index contributed by atoms with van der Waals surface area (Å²) in [5, 5.41) is -0.461. The van der Waals surface area contributed by atoms with Crippen LogP contribution in [0.3, 0.4) is 0 Å². The van der Waals surface area contributed by atoms with Crippen LogP contribution in [-0.4, -0.2) is 46.6 Å². The van der Waals surface area contributed by atoms with E-state index in [1.54, 1.807) is 84.6 Å². The van der Waals surface area contributed by atoms with Crippen molar-refractivity contribution in [2.24, 2.45) is 0 Å². The number of ether oxygens (including phenoxy) is 3. The van der Waals surface area contributed by atoms with Crippen molar-refractivity contribution in [1.82, 2.24) is 0 Å². The molecule has 0 N–H and O–H groups in total. The fraction of sp³-hybridized carbons (Fsp3) is 0.182. The van der Waals surface area contributed by atoms with Crippen molar-refractivity contribution in [3.05, 3.63) is 144 Å². The molecule has 6 nitrogen and oxygen atoms in total. The molecule has 5 rings (SSSR count). The number of rotatable bonds is 10. The average molecular weight is 585 g/mol. The van der Waals surface area contributed by atoms with Gasteiger partial charge in [0.2, 0.25) is 0 Å². The summed E-state index contributed by atoms with van der Waals surface area (Å²) in [4.78, 5) is 39.2. The molecule has 4 aromatic carbocycles. The Hall–Kier alpha value is -4.01. The van der Waals surface area contributed by atoms with Gasteiger partial charge in [-0.15, -0.1) is 23.5 Å². The van der Waals surface area contributed by atoms with Gasteiger partial charge >= 0.3 is 17.9 Å². The number of benzene rings is 4. The first-order valence-electron chi connectivity index (χ1n) is 13.1. The number of hydrogen-bond donors (Lipinski definition) is 0. The summed E-state index contributed by atoms with van der Waals surface area (Å²) in [6.07, 6.45) is -1.63. The standard InChI is InChI=1S/C33H28O6S2/c34-30(24-15-7-2-8-16-24)37-21-27-28(38-31(35)25-17-9-3-10-18-25)29(39-32(36)26-19-11-4-12-20-26)33(41-27)40-22-23-13-5-1-6-14-23/h1-20,27-29,33H,21-22H2/t27-,28-,29+,33-/m0/s1. The molecule has 0 aromatic heterocycles. The quantitative estimate of drug-likeness (QED) is 0.151. The second kappa shape index (κ2) is 14.1. The maximum atomic E-state index is 13.2. The molecule has 1 saturated heterocycles. The minimum atomic E-state index is -0.850. The van der Waals surface area contributed by atoms with Crippen molar-refractivity contribution in [2.75, 3.05) is 6.61 Å². The van der Waals surface area contributed by atoms with Crippen molar-refractivity contribution in [1.29, 1.82) is 0 Å². The zero-order valence-corrected chi connectivity index (χ0v) is 23.7. The minimum absolute atomic E-state index is 0.0209. The highest BCUT2D eigenvalue weighted by Gasteiger charge is 2.50. The third-order valence-electron chi connectivity index (χ3n) is 6.42. The highest BCUT2D eigenvalue weighted by molar-refractivity contribution is 8.17. The molecule has 4 atom stereocenters. The van der Waals surface area contributed by atoms with Crippen LogP contribution >= 0.6 is 23.5 Å². The molecule has 0 saturated carbocycles. The fourth-order valence-corrected chi connectivity index (χ4v) is 7.44. The number of thioether (sulfide) groups is 2. The lowest BCUT2D eigenvalue weighted by Crippen LogP contribution is -2.41. The van der Waals surface area contributed by atoms with Crippen LogP contribution in [0.5, 0.6) is 0 Å². The van der Waals surface area contributed by atoms with E-state index in [1.807, 2.05) is 48.5 Å². The van der Waals surface area contributed by atoms with Crippen molar-refractivity contribution in [3.63, 3.8) is 0 Å². The van der Waals surface area contributed by atoms with E-state index in [-0.39, 0.29) is 11.2 Å². The highest BCUT2D eigenvalue weighted by atomic mass is 32.2. The molecule has 4 aromatic rings. The first-order chi connectivity index (χ1) is 20.1. The zero-order valence-electron chi connectivity index (χ0n) is 22.0. The maximum Gasteiger partial charge on any atom is 0.338 e. The predicted molar refractivity (Wildman–Crippen MR) is 161 cm³/mol. The first kappa shape index (κ1) is 28.5. The SMILES string of the molecule is O=C(OC[C@@H]1S[C@H](SCc2ccccc2)[C@H](OC(=O)c2ccccc2)[C@H]1OC(=O)c1ccccc1)c1ccccc1. The summed E-state index contributed by atoms with van der Waals surface area (Å²) in [7, 11) is 0. The lowest BCUT2D eigenvalue weighted by atomic mass is 10.1. The second-order valence-corrected chi connectivity index (χ2v) is 12.1. The maximum absolute atomic E-state index is 13.2. The van der Waals surface area contributed by atoms with Crippen LogP contribution < -0.4 is 0 Å². The van der Waals surface area contributed by atoms with Gasteiger partial charge in [-0.05, 0) is 42.0 Å². The molecule has 1 aliphatic heterocycles. The smallest absolute Gasteiger partial charge is 0.338 e. The van der Waals surface area contributed by atoms with Gasteiger partial charge in [0.15, 0.2) is 12.2 Å². The number of hydrogen-bond acceptors (Lipinski definition) is 8. The molecule has 0 unspecified atom stereocenters. The molecule has 0 amide bonds. The summed E-state index contributed by atoms with van der Waals surface area (Å²) in [5.74, 6) is -0.861. The summed E-state index contributed by atoms with van der Waals surface area (Å²) in [6, 6.07) is 36.1. The molecule has 0 spiro atoms. The molecule has 1 heterocycles. The van der Waals surface area contributed by atoms with E-state index < -0.39 is 35.4 Å². The fourth-order valence-electron chi connectivity index (χ4n) is 4.33. The van der Waals surface area contributed by atoms with Gasteiger partial charge in [0.25, 0.3) is 0 Å². The summed E-state index contributed by atoms with van der Waals surface area (Å²) in [6.45, 7) is -0.0209. The topological polar surface area (TPSA) is 78.9 Å². The third-order valence-corrected chi connectivity index (χ3v) is 9.55. The second-order valence-electron chi connectivity index (χ2n) is 9.28. The molecule has 0 aliphatic carbocycles. The minimum Gasteiger partial charge on any atom is -0.461 e. The molecule has 1 fully saturated rings. The van der Waals surface area contributed by atoms with Gasteiger partial charge in [-0.1, -0.05) is 84.9 Å². The Bertz CT molecular complexity index is 1430. The number of esters is 3. The van der Waals surface area contributed by atoms with Gasteiger partial charge in [0.05, 0.1) is 26.5 Å². The largest absolute Gasteiger partial charge is 0.461 e. The summed E-state index contributed by atoms with van der Waals surface area (Å²) in [5.41, 5.74) is 2.32. The van der Waals surface area contributed by atoms with Crippen LogP contribution in [-0.2, 0) is 20.0 Å². The van der Waals surface area contributed by atoms with Crippen LogP contribution in [0.25, 0.3) is 0 Å². The Morgan fingerprint density at radius 2 is 1.02 bits per heavy atom. The molecule has 0 radical (unpaired) electrons. The van der Waals surface area contributed by atoms with Gasteiger partial charge in [-0.3, -0.25) is 0 Å². The lowest BCUT2D eigenvalue weighted by molar-refractivity contribution is -0.0313. The van der Waals surface area contributed by atoms with Crippen LogP contribution in [0, 0.1) is 0 Å². The van der Waals surface area contributed by atoms with Gasteiger partial charge in [-0.2, -0.15) is 0 Å². The first-order valence-corrected chi connectivity index (χ1v) is 15.1. The van der Waals surface area contributed by atoms with E-state index in [0.29, 0.717) is 22.4 Å². The Labute approximate surface area is 247 Å². The molecule has 1 aliphatic rings. The van der Waals surface area contributed by atoms with E-state index in [9.17, 15) is 14.4 Å². The molecule has 41 heavy (non-hydrogen) atoms. The average Bonchev–Trinajstić information content (AvgIpc) is 3.35. The van der Waals surface area contributed by atoms with Crippen LogP contribution in [0.4, 0.5) is 0 Å². The molecule has 208 valence electrons. The number of carbonyl (C=O) groups is 3. The highest BCUT2D eigenvalue weighted by Crippen LogP contribution is 2.45. The van der Waals surface area contributed by atoms with Crippen molar-refractivity contribution >= 4 is 41.4 Å². The van der Waals surface area contributed by atoms with E-state index in [4.69, 9.17) is 14.2 Å². The van der Waals surface area contributed by atoms with Gasteiger partial charge in [-0.25, -0.2) is 14.4 Å². The van der Waals surface area contributed by atoms with Crippen LogP contribution in [0.1, 0.15) is 36.6 Å². The Morgan fingerprint density at radius 1 is 0.585 bits per heavy atom. The molecular formula is C33H28O6S2. The van der Waals surface area contributed by atoms with E-state index in [0.717, 1.165) is 5.56 Å². The third kappa shape index (κ3) is 7.60. The van der Waals surface area contributed by atoms with E-state index in [2.05, 4.69) is 0 Å².